The first-order valence-corrected chi connectivity index (χ1v) is 12.2. The van der Waals surface area contributed by atoms with Crippen LogP contribution in [0.25, 0.3) is 11.0 Å². The number of imidazole rings is 1. The molecule has 0 aliphatic heterocycles. The summed E-state index contributed by atoms with van der Waals surface area (Å²) in [5.41, 5.74) is 3.97. The van der Waals surface area contributed by atoms with E-state index in [-0.39, 0.29) is 5.91 Å². The first-order chi connectivity index (χ1) is 16.6. The first kappa shape index (κ1) is 23.8. The topological polar surface area (TPSA) is 56.1 Å². The van der Waals surface area contributed by atoms with E-state index < -0.39 is 0 Å². The lowest BCUT2D eigenvalue weighted by atomic mass is 10.2. The lowest BCUT2D eigenvalue weighted by molar-refractivity contribution is 0.0953. The molecule has 1 N–H and O–H groups in total. The lowest BCUT2D eigenvalue weighted by Gasteiger charge is -2.11. The number of halogens is 1. The van der Waals surface area contributed by atoms with E-state index in [1.54, 1.807) is 24.3 Å². The van der Waals surface area contributed by atoms with Crippen molar-refractivity contribution in [2.75, 3.05) is 13.2 Å². The number of ether oxygens (including phenoxy) is 1. The van der Waals surface area contributed by atoms with Crippen LogP contribution in [0.3, 0.4) is 0 Å². The summed E-state index contributed by atoms with van der Waals surface area (Å²) in [5.74, 6) is 1.86. The van der Waals surface area contributed by atoms with Crippen LogP contribution in [0, 0.1) is 6.92 Å². The highest BCUT2D eigenvalue weighted by Crippen LogP contribution is 2.19. The van der Waals surface area contributed by atoms with Gasteiger partial charge >= 0.3 is 0 Å². The molecule has 0 fully saturated rings. The Hall–Kier alpha value is -3.31. The molecule has 4 rings (SSSR count). The van der Waals surface area contributed by atoms with Crippen LogP contribution in [0.15, 0.2) is 72.8 Å². The molecule has 0 saturated heterocycles. The Morgan fingerprint density at radius 2 is 1.82 bits per heavy atom. The summed E-state index contributed by atoms with van der Waals surface area (Å²) in [6.07, 6.45) is 3.58. The number of nitrogens with one attached hydrogen (secondary N) is 1. The van der Waals surface area contributed by atoms with Crippen molar-refractivity contribution >= 4 is 28.5 Å². The number of carbonyl (C=O) groups excluding carboxylic acids is 1. The second-order valence-corrected chi connectivity index (χ2v) is 8.84. The highest BCUT2D eigenvalue weighted by Gasteiger charge is 2.11. The average Bonchev–Trinajstić information content (AvgIpc) is 3.20. The van der Waals surface area contributed by atoms with E-state index in [1.807, 2.05) is 18.2 Å². The molecular formula is C28H30ClN3O2. The number of benzene rings is 3. The highest BCUT2D eigenvalue weighted by atomic mass is 35.5. The first-order valence-electron chi connectivity index (χ1n) is 11.8. The molecule has 0 aliphatic rings. The number of aryl methyl sites for hydroxylation is 3. The van der Waals surface area contributed by atoms with Crippen LogP contribution in [-0.4, -0.2) is 28.6 Å². The van der Waals surface area contributed by atoms with Crippen LogP contribution in [0.4, 0.5) is 0 Å². The van der Waals surface area contributed by atoms with Gasteiger partial charge in [0.25, 0.3) is 5.91 Å². The molecule has 5 nitrogen and oxygen atoms in total. The Morgan fingerprint density at radius 3 is 2.65 bits per heavy atom. The number of hydrogen-bond donors (Lipinski definition) is 1. The zero-order chi connectivity index (χ0) is 23.8. The van der Waals surface area contributed by atoms with Crippen molar-refractivity contribution in [2.45, 2.75) is 39.2 Å². The molecule has 34 heavy (non-hydrogen) atoms. The minimum atomic E-state index is -0.107. The van der Waals surface area contributed by atoms with Gasteiger partial charge in [0.15, 0.2) is 0 Å². The van der Waals surface area contributed by atoms with Crippen molar-refractivity contribution in [3.05, 3.63) is 94.8 Å². The molecule has 0 spiro atoms. The van der Waals surface area contributed by atoms with Gasteiger partial charge in [-0.1, -0.05) is 47.5 Å². The molecule has 0 bridgehead atoms. The molecule has 0 unspecified atom stereocenters. The third-order valence-corrected chi connectivity index (χ3v) is 5.98. The SMILES string of the molecule is Cc1ccc(OCCCCn2c(CCCNC(=O)c3cccc(Cl)c3)nc3ccccc32)cc1. The Balaban J connectivity index is 1.29. The quantitative estimate of drug-likeness (QED) is 0.262. The average molecular weight is 476 g/mol. The predicted molar refractivity (Wildman–Crippen MR) is 138 cm³/mol. The minimum Gasteiger partial charge on any atom is -0.494 e. The van der Waals surface area contributed by atoms with Crippen LogP contribution in [-0.2, 0) is 13.0 Å². The van der Waals surface area contributed by atoms with Crippen molar-refractivity contribution in [1.29, 1.82) is 0 Å². The summed E-state index contributed by atoms with van der Waals surface area (Å²) in [6.45, 7) is 4.24. The lowest BCUT2D eigenvalue weighted by Crippen LogP contribution is -2.25. The van der Waals surface area contributed by atoms with Gasteiger partial charge in [-0.15, -0.1) is 0 Å². The van der Waals surface area contributed by atoms with E-state index >= 15 is 0 Å². The number of nitrogens with zero attached hydrogens (tertiary/aromatic N) is 2. The number of carbonyl (C=O) groups is 1. The molecule has 0 aliphatic carbocycles. The van der Waals surface area contributed by atoms with Crippen molar-refractivity contribution in [3.8, 4) is 5.75 Å². The summed E-state index contributed by atoms with van der Waals surface area (Å²) in [6, 6.07) is 23.4. The monoisotopic (exact) mass is 475 g/mol. The summed E-state index contributed by atoms with van der Waals surface area (Å²) in [7, 11) is 0. The summed E-state index contributed by atoms with van der Waals surface area (Å²) < 4.78 is 8.18. The van der Waals surface area contributed by atoms with E-state index in [9.17, 15) is 4.79 Å². The van der Waals surface area contributed by atoms with E-state index in [2.05, 4.69) is 47.1 Å². The zero-order valence-corrected chi connectivity index (χ0v) is 20.2. The van der Waals surface area contributed by atoms with Gasteiger partial charge in [-0.05, 0) is 68.7 Å². The third-order valence-electron chi connectivity index (χ3n) is 5.75. The molecule has 1 amide bonds. The predicted octanol–water partition coefficient (Wildman–Crippen LogP) is 6.22. The molecule has 0 radical (unpaired) electrons. The molecule has 176 valence electrons. The Kier molecular flexibility index (Phi) is 8.21. The minimum absolute atomic E-state index is 0.107. The van der Waals surface area contributed by atoms with Gasteiger partial charge in [-0.3, -0.25) is 4.79 Å². The normalized spacial score (nSPS) is 11.0. The van der Waals surface area contributed by atoms with Gasteiger partial charge in [0.2, 0.25) is 0 Å². The van der Waals surface area contributed by atoms with Crippen LogP contribution in [0.5, 0.6) is 5.75 Å². The standard InChI is InChI=1S/C28H30ClN3O2/c1-21-13-15-24(16-14-21)34-19-5-4-18-32-26-11-3-2-10-25(26)31-27(32)12-7-17-30-28(33)22-8-6-9-23(29)20-22/h2-3,6,8-11,13-16,20H,4-5,7,12,17-19H2,1H3,(H,30,33). The molecule has 0 saturated carbocycles. The fourth-order valence-electron chi connectivity index (χ4n) is 3.94. The molecule has 1 heterocycles. The fraction of sp³-hybridized carbons (Fsp3) is 0.286. The van der Waals surface area contributed by atoms with Crippen molar-refractivity contribution in [2.24, 2.45) is 0 Å². The summed E-state index contributed by atoms with van der Waals surface area (Å²) in [4.78, 5) is 17.2. The largest absolute Gasteiger partial charge is 0.494 e. The smallest absolute Gasteiger partial charge is 0.251 e. The summed E-state index contributed by atoms with van der Waals surface area (Å²) in [5, 5.41) is 3.54. The van der Waals surface area contributed by atoms with Crippen LogP contribution < -0.4 is 10.1 Å². The van der Waals surface area contributed by atoms with Crippen molar-refractivity contribution in [1.82, 2.24) is 14.9 Å². The summed E-state index contributed by atoms with van der Waals surface area (Å²) >= 11 is 5.99. The van der Waals surface area contributed by atoms with E-state index in [0.29, 0.717) is 23.7 Å². The van der Waals surface area contributed by atoms with Gasteiger partial charge in [0.1, 0.15) is 11.6 Å². The maximum Gasteiger partial charge on any atom is 0.251 e. The molecule has 0 atom stereocenters. The van der Waals surface area contributed by atoms with E-state index in [4.69, 9.17) is 21.3 Å². The molecule has 3 aromatic carbocycles. The Bertz CT molecular complexity index is 1230. The molecular weight excluding hydrogens is 446 g/mol. The van der Waals surface area contributed by atoms with Crippen LogP contribution >= 0.6 is 11.6 Å². The maximum absolute atomic E-state index is 12.3. The number of para-hydroxylation sites is 2. The van der Waals surface area contributed by atoms with E-state index in [0.717, 1.165) is 54.8 Å². The highest BCUT2D eigenvalue weighted by molar-refractivity contribution is 6.30. The number of unbranched alkanes of at least 4 members (excludes halogenated alkanes) is 1. The van der Waals surface area contributed by atoms with Gasteiger partial charge in [0, 0.05) is 30.1 Å². The second-order valence-electron chi connectivity index (χ2n) is 8.41. The number of fused-ring (bicyclic) bond motifs is 1. The van der Waals surface area contributed by atoms with Gasteiger partial charge in [0.05, 0.1) is 17.6 Å². The zero-order valence-electron chi connectivity index (χ0n) is 19.5. The van der Waals surface area contributed by atoms with Crippen LogP contribution in [0.1, 0.15) is 41.0 Å². The molecule has 1 aromatic heterocycles. The molecule has 6 heteroatoms. The van der Waals surface area contributed by atoms with Gasteiger partial charge in [-0.2, -0.15) is 0 Å². The number of amides is 1. The Labute approximate surface area is 205 Å². The fourth-order valence-corrected chi connectivity index (χ4v) is 4.13. The van der Waals surface area contributed by atoms with Crippen molar-refractivity contribution < 1.29 is 9.53 Å². The van der Waals surface area contributed by atoms with Crippen molar-refractivity contribution in [3.63, 3.8) is 0 Å². The second kappa shape index (κ2) is 11.7. The van der Waals surface area contributed by atoms with Crippen LogP contribution in [0.2, 0.25) is 5.02 Å². The van der Waals surface area contributed by atoms with Gasteiger partial charge < -0.3 is 14.6 Å². The van der Waals surface area contributed by atoms with Gasteiger partial charge in [-0.25, -0.2) is 4.98 Å². The maximum atomic E-state index is 12.3. The number of hydrogen-bond acceptors (Lipinski definition) is 3. The Morgan fingerprint density at radius 1 is 1.00 bits per heavy atom. The molecule has 4 aromatic rings. The van der Waals surface area contributed by atoms with E-state index in [1.165, 1.54) is 5.56 Å². The third kappa shape index (κ3) is 6.39. The number of rotatable bonds is 11. The number of aromatic nitrogens is 2.